The molecular weight excluding hydrogens is 806 g/mol. The second-order valence-corrected chi connectivity index (χ2v) is 19.6. The normalized spacial score (nSPS) is 18.7. The minimum atomic E-state index is -0.533. The molecule has 0 saturated carbocycles. The first-order valence-corrected chi connectivity index (χ1v) is 21.9. The molecule has 62 heavy (non-hydrogen) atoms. The van der Waals surface area contributed by atoms with Crippen molar-refractivity contribution in [3.05, 3.63) is 92.8 Å². The fraction of sp³-hybridized carbons (Fsp3) is 0.447. The maximum atomic E-state index is 13.0. The first-order chi connectivity index (χ1) is 29.5. The molecule has 15 heteroatoms. The van der Waals surface area contributed by atoms with Crippen LogP contribution >= 0.6 is 11.6 Å². The fourth-order valence-electron chi connectivity index (χ4n) is 10.7. The van der Waals surface area contributed by atoms with E-state index in [4.69, 9.17) is 26.1 Å². The Bertz CT molecular complexity index is 2680. The van der Waals surface area contributed by atoms with Crippen LogP contribution in [0.3, 0.4) is 0 Å². The lowest BCUT2D eigenvalue weighted by Crippen LogP contribution is -2.67. The van der Waals surface area contributed by atoms with Gasteiger partial charge in [0.25, 0.3) is 11.8 Å². The number of halogens is 1. The summed E-state index contributed by atoms with van der Waals surface area (Å²) in [5, 5.41) is 6.65. The van der Waals surface area contributed by atoms with Crippen LogP contribution in [0.4, 0.5) is 4.79 Å². The van der Waals surface area contributed by atoms with Gasteiger partial charge in [0.05, 0.1) is 45.1 Å². The lowest BCUT2D eigenvalue weighted by molar-refractivity contribution is -0.0113. The SMILES string of the molecule is CC(C)(C)OC(=O)N1CC2(CNC(=O)c3c2[nH]c2c3CCc3cnc(Cl)cc3-2)C1.CC(C)Oc1ccc(-c2cc3c(cn2)CCc2c4c(n(C)c2-3)C2(CNC4=O)CN(C)C2)cn1. The Balaban J connectivity index is 0.000000149. The Morgan fingerprint density at radius 3 is 2.18 bits per heavy atom. The number of hydrogen-bond acceptors (Lipinski definition) is 9. The molecule has 6 aliphatic rings. The molecule has 2 saturated heterocycles. The Hall–Kier alpha value is -5.73. The third-order valence-corrected chi connectivity index (χ3v) is 13.4. The van der Waals surface area contributed by atoms with Crippen LogP contribution in [-0.4, -0.2) is 110 Å². The second kappa shape index (κ2) is 14.4. The molecule has 322 valence electrons. The summed E-state index contributed by atoms with van der Waals surface area (Å²) in [5.74, 6) is 0.637. The van der Waals surface area contributed by atoms with Gasteiger partial charge in [0.1, 0.15) is 10.8 Å². The van der Waals surface area contributed by atoms with E-state index in [1.54, 1.807) is 4.90 Å². The number of carbonyl (C=O) groups excluding carboxylic acids is 3. The molecule has 2 fully saturated rings. The van der Waals surface area contributed by atoms with Crippen molar-refractivity contribution in [3.8, 4) is 39.7 Å². The molecule has 0 atom stereocenters. The van der Waals surface area contributed by atoms with Gasteiger partial charge in [-0.05, 0) is 108 Å². The van der Waals surface area contributed by atoms with E-state index in [1.165, 1.54) is 28.1 Å². The van der Waals surface area contributed by atoms with Gasteiger partial charge in [-0.15, -0.1) is 0 Å². The van der Waals surface area contributed by atoms with E-state index in [0.29, 0.717) is 37.2 Å². The lowest BCUT2D eigenvalue weighted by atomic mass is 9.72. The van der Waals surface area contributed by atoms with Gasteiger partial charge in [0, 0.05) is 99.1 Å². The molecule has 0 radical (unpaired) electrons. The summed E-state index contributed by atoms with van der Waals surface area (Å²) in [6, 6.07) is 7.92. The second-order valence-electron chi connectivity index (χ2n) is 19.2. The van der Waals surface area contributed by atoms with Gasteiger partial charge in [-0.3, -0.25) is 14.6 Å². The Kier molecular flexibility index (Phi) is 9.38. The third kappa shape index (κ3) is 6.56. The van der Waals surface area contributed by atoms with Crippen molar-refractivity contribution in [2.45, 2.75) is 82.8 Å². The van der Waals surface area contributed by atoms with E-state index in [0.717, 1.165) is 89.2 Å². The molecular formula is C47H52ClN9O5. The number of carbonyl (C=O) groups is 3. The van der Waals surface area contributed by atoms with Crippen LogP contribution in [0.1, 0.15) is 89.0 Å². The number of hydrogen-bond donors (Lipinski definition) is 3. The van der Waals surface area contributed by atoms with Gasteiger partial charge < -0.3 is 39.5 Å². The number of likely N-dealkylation sites (tertiary alicyclic amines) is 2. The first-order valence-electron chi connectivity index (χ1n) is 21.5. The Labute approximate surface area is 365 Å². The number of likely N-dealkylation sites (N-methyl/N-ethyl adjacent to an activating group) is 1. The number of ether oxygens (including phenoxy) is 2. The van der Waals surface area contributed by atoms with Crippen molar-refractivity contribution in [2.75, 3.05) is 46.3 Å². The Morgan fingerprint density at radius 1 is 0.823 bits per heavy atom. The largest absolute Gasteiger partial charge is 0.475 e. The number of aryl methyl sites for hydroxylation is 2. The fourth-order valence-corrected chi connectivity index (χ4v) is 10.8. The van der Waals surface area contributed by atoms with Crippen LogP contribution in [-0.2, 0) is 48.3 Å². The summed E-state index contributed by atoms with van der Waals surface area (Å²) in [6.07, 6.45) is 8.75. The van der Waals surface area contributed by atoms with Gasteiger partial charge in [-0.2, -0.15) is 0 Å². The standard InChI is InChI=1S/C26H29N5O2.C21H23ClN4O3/c1-15(2)33-21-8-6-17(11-28-21)20-9-19-16(10-27-20)5-7-18-22-24(31(4)23(18)19)26(12-29-25(22)32)13-30(3)14-26;1-20(2,3)29-19(28)26-9-21(10-26)8-24-18(27)15-12-5-4-11-7-23-14(22)6-13(11)16(12)25-17(15)21/h6,8-11,15H,5,7,12-14H2,1-4H3,(H,29,32);6-7,25H,4-5,8-10H2,1-3H3,(H,24,27). The van der Waals surface area contributed by atoms with Gasteiger partial charge in [-0.1, -0.05) is 11.6 Å². The van der Waals surface area contributed by atoms with E-state index in [-0.39, 0.29) is 34.8 Å². The molecule has 5 aromatic rings. The minimum absolute atomic E-state index is 0.0102. The summed E-state index contributed by atoms with van der Waals surface area (Å²) < 4.78 is 13.5. The number of aromatic amines is 1. The molecule has 4 aliphatic heterocycles. The van der Waals surface area contributed by atoms with E-state index < -0.39 is 5.60 Å². The zero-order valence-electron chi connectivity index (χ0n) is 36.3. The number of aromatic nitrogens is 5. The van der Waals surface area contributed by atoms with Crippen LogP contribution in [0.5, 0.6) is 5.88 Å². The molecule has 5 aromatic heterocycles. The van der Waals surface area contributed by atoms with Crippen molar-refractivity contribution < 1.29 is 23.9 Å². The molecule has 0 bridgehead atoms. The Morgan fingerprint density at radius 2 is 1.50 bits per heavy atom. The topological polar surface area (TPSA) is 160 Å². The number of amides is 3. The van der Waals surface area contributed by atoms with Crippen LogP contribution in [0, 0.1) is 0 Å². The van der Waals surface area contributed by atoms with Crippen LogP contribution in [0.2, 0.25) is 5.15 Å². The molecule has 0 unspecified atom stereocenters. The van der Waals surface area contributed by atoms with E-state index in [2.05, 4.69) is 55.2 Å². The highest BCUT2D eigenvalue weighted by atomic mass is 35.5. The quantitative estimate of drug-likeness (QED) is 0.185. The average molecular weight is 858 g/mol. The van der Waals surface area contributed by atoms with Crippen LogP contribution < -0.4 is 15.4 Å². The predicted molar refractivity (Wildman–Crippen MR) is 235 cm³/mol. The number of nitrogens with one attached hydrogen (secondary N) is 3. The number of pyridine rings is 3. The zero-order chi connectivity index (χ0) is 43.5. The highest BCUT2D eigenvalue weighted by Crippen LogP contribution is 2.48. The van der Waals surface area contributed by atoms with Gasteiger partial charge >= 0.3 is 6.09 Å². The number of fused-ring (bicyclic) bond motifs is 12. The summed E-state index contributed by atoms with van der Waals surface area (Å²) in [4.78, 5) is 59.1. The van der Waals surface area contributed by atoms with Crippen molar-refractivity contribution in [2.24, 2.45) is 7.05 Å². The highest BCUT2D eigenvalue weighted by molar-refractivity contribution is 6.29. The molecule has 0 aromatic carbocycles. The molecule has 2 spiro atoms. The van der Waals surface area contributed by atoms with Gasteiger partial charge in [0.2, 0.25) is 5.88 Å². The van der Waals surface area contributed by atoms with Crippen molar-refractivity contribution in [1.82, 2.24) is 44.9 Å². The van der Waals surface area contributed by atoms with Crippen molar-refractivity contribution >= 4 is 29.5 Å². The molecule has 3 amide bonds. The number of rotatable bonds is 3. The summed E-state index contributed by atoms with van der Waals surface area (Å²) in [5.41, 5.74) is 13.6. The number of H-pyrrole nitrogens is 1. The maximum Gasteiger partial charge on any atom is 0.410 e. The monoisotopic (exact) mass is 857 g/mol. The lowest BCUT2D eigenvalue weighted by Gasteiger charge is -2.51. The summed E-state index contributed by atoms with van der Waals surface area (Å²) in [6.45, 7) is 13.7. The molecule has 14 nitrogen and oxygen atoms in total. The van der Waals surface area contributed by atoms with E-state index in [1.807, 2.05) is 71.4 Å². The first kappa shape index (κ1) is 40.3. The van der Waals surface area contributed by atoms with Gasteiger partial charge in [-0.25, -0.2) is 14.8 Å². The smallest absolute Gasteiger partial charge is 0.410 e. The molecule has 9 heterocycles. The van der Waals surface area contributed by atoms with Crippen molar-refractivity contribution in [3.63, 3.8) is 0 Å². The predicted octanol–water partition coefficient (Wildman–Crippen LogP) is 6.02. The number of nitrogens with zero attached hydrogens (tertiary/aromatic N) is 6. The molecule has 2 aliphatic carbocycles. The summed E-state index contributed by atoms with van der Waals surface area (Å²) >= 11 is 6.14. The molecule has 3 N–H and O–H groups in total. The third-order valence-electron chi connectivity index (χ3n) is 13.2. The maximum absolute atomic E-state index is 13.0. The van der Waals surface area contributed by atoms with Gasteiger partial charge in [0.15, 0.2) is 0 Å². The summed E-state index contributed by atoms with van der Waals surface area (Å²) in [7, 11) is 4.27. The molecule has 11 rings (SSSR count). The van der Waals surface area contributed by atoms with Crippen LogP contribution in [0.15, 0.2) is 42.9 Å². The van der Waals surface area contributed by atoms with Crippen LogP contribution in [0.25, 0.3) is 33.8 Å². The van der Waals surface area contributed by atoms with Crippen molar-refractivity contribution in [1.29, 1.82) is 0 Å². The average Bonchev–Trinajstić information content (AvgIpc) is 3.75. The zero-order valence-corrected chi connectivity index (χ0v) is 37.0. The highest BCUT2D eigenvalue weighted by Gasteiger charge is 2.54. The van der Waals surface area contributed by atoms with E-state index in [9.17, 15) is 14.4 Å². The minimum Gasteiger partial charge on any atom is -0.475 e. The van der Waals surface area contributed by atoms with E-state index >= 15 is 0 Å².